The Labute approximate surface area is 114 Å². The van der Waals surface area contributed by atoms with Crippen molar-refractivity contribution in [3.63, 3.8) is 0 Å². The predicted octanol–water partition coefficient (Wildman–Crippen LogP) is 2.05. The highest BCUT2D eigenvalue weighted by molar-refractivity contribution is 7.09. The van der Waals surface area contributed by atoms with Crippen LogP contribution in [0.1, 0.15) is 31.2 Å². The van der Waals surface area contributed by atoms with Gasteiger partial charge < -0.3 is 4.90 Å². The van der Waals surface area contributed by atoms with Crippen molar-refractivity contribution in [3.05, 3.63) is 16.6 Å². The monoisotopic (exact) mass is 269 g/mol. The lowest BCUT2D eigenvalue weighted by Gasteiger charge is -2.28. The van der Waals surface area contributed by atoms with Crippen molar-refractivity contribution in [2.45, 2.75) is 32.2 Å². The number of thiazole rings is 1. The lowest BCUT2D eigenvalue weighted by atomic mass is 10.1. The van der Waals surface area contributed by atoms with Crippen molar-refractivity contribution in [1.29, 1.82) is 0 Å². The average Bonchev–Trinajstić information content (AvgIpc) is 2.82. The highest BCUT2D eigenvalue weighted by atomic mass is 32.1. The zero-order valence-electron chi connectivity index (χ0n) is 11.9. The van der Waals surface area contributed by atoms with Crippen LogP contribution in [0.4, 0.5) is 0 Å². The van der Waals surface area contributed by atoms with Gasteiger partial charge in [-0.2, -0.15) is 0 Å². The van der Waals surface area contributed by atoms with Crippen LogP contribution in [0.2, 0.25) is 0 Å². The van der Waals surface area contributed by atoms with Crippen LogP contribution in [-0.2, 0) is 4.79 Å². The Morgan fingerprint density at radius 3 is 2.56 bits per heavy atom. The van der Waals surface area contributed by atoms with E-state index in [1.165, 1.54) is 0 Å². The molecule has 1 amide bonds. The van der Waals surface area contributed by atoms with Gasteiger partial charge in [-0.3, -0.25) is 9.69 Å². The molecule has 0 saturated carbocycles. The number of nitrogens with zero attached hydrogens (tertiary/aromatic N) is 3. The Morgan fingerprint density at radius 2 is 2.11 bits per heavy atom. The predicted molar refractivity (Wildman–Crippen MR) is 75.9 cm³/mol. The van der Waals surface area contributed by atoms with E-state index in [1.807, 2.05) is 49.4 Å². The summed E-state index contributed by atoms with van der Waals surface area (Å²) < 4.78 is 0. The molecule has 1 rings (SSSR count). The summed E-state index contributed by atoms with van der Waals surface area (Å²) in [7, 11) is 5.77. The van der Waals surface area contributed by atoms with E-state index >= 15 is 0 Å². The summed E-state index contributed by atoms with van der Waals surface area (Å²) in [4.78, 5) is 20.4. The first-order valence-corrected chi connectivity index (χ1v) is 7.16. The number of likely N-dealkylation sites (N-methyl/N-ethyl adjacent to an activating group) is 2. The standard InChI is InChI=1S/C13H23N3OS/c1-6-11(15(3)4)13(17)16(5)9-10(2)12-14-7-8-18-12/h7-8,10-11H,6,9H2,1-5H3/t10-,11+/m0/s1. The second-order valence-corrected chi connectivity index (χ2v) is 5.80. The normalized spacial score (nSPS) is 14.6. The minimum atomic E-state index is -0.0292. The summed E-state index contributed by atoms with van der Waals surface area (Å²) in [5, 5.41) is 3.06. The second-order valence-electron chi connectivity index (χ2n) is 4.88. The number of carbonyl (C=O) groups excluding carboxylic acids is 1. The maximum Gasteiger partial charge on any atom is 0.239 e. The van der Waals surface area contributed by atoms with E-state index in [1.54, 1.807) is 11.3 Å². The number of hydrogen-bond acceptors (Lipinski definition) is 4. The Morgan fingerprint density at radius 1 is 1.44 bits per heavy atom. The molecule has 0 aliphatic heterocycles. The van der Waals surface area contributed by atoms with Crippen molar-refractivity contribution in [3.8, 4) is 0 Å². The van der Waals surface area contributed by atoms with Gasteiger partial charge in [-0.05, 0) is 20.5 Å². The minimum absolute atomic E-state index is 0.0292. The van der Waals surface area contributed by atoms with Crippen molar-refractivity contribution >= 4 is 17.2 Å². The van der Waals surface area contributed by atoms with Gasteiger partial charge in [-0.1, -0.05) is 13.8 Å². The van der Waals surface area contributed by atoms with Gasteiger partial charge in [0, 0.05) is 31.1 Å². The summed E-state index contributed by atoms with van der Waals surface area (Å²) in [6, 6.07) is -0.0292. The molecule has 0 aliphatic carbocycles. The van der Waals surface area contributed by atoms with Crippen LogP contribution < -0.4 is 0 Å². The molecule has 4 nitrogen and oxygen atoms in total. The molecule has 1 aromatic heterocycles. The molecule has 1 aromatic rings. The number of hydrogen-bond donors (Lipinski definition) is 0. The van der Waals surface area contributed by atoms with E-state index in [2.05, 4.69) is 11.9 Å². The van der Waals surface area contributed by atoms with E-state index in [0.717, 1.165) is 18.0 Å². The van der Waals surface area contributed by atoms with Crippen molar-refractivity contribution in [2.24, 2.45) is 0 Å². The zero-order valence-corrected chi connectivity index (χ0v) is 12.7. The number of carbonyl (C=O) groups is 1. The number of aromatic nitrogens is 1. The fourth-order valence-electron chi connectivity index (χ4n) is 2.07. The Bertz CT molecular complexity index is 364. The molecule has 0 saturated heterocycles. The van der Waals surface area contributed by atoms with Crippen LogP contribution in [0.25, 0.3) is 0 Å². The van der Waals surface area contributed by atoms with E-state index < -0.39 is 0 Å². The molecular weight excluding hydrogens is 246 g/mol. The van der Waals surface area contributed by atoms with Gasteiger partial charge >= 0.3 is 0 Å². The van der Waals surface area contributed by atoms with Crippen LogP contribution in [0.15, 0.2) is 11.6 Å². The summed E-state index contributed by atoms with van der Waals surface area (Å²) in [5.41, 5.74) is 0. The van der Waals surface area contributed by atoms with E-state index in [4.69, 9.17) is 0 Å². The molecule has 0 bridgehead atoms. The molecule has 5 heteroatoms. The molecule has 2 atom stereocenters. The molecule has 0 fully saturated rings. The first-order valence-electron chi connectivity index (χ1n) is 6.28. The molecule has 0 aromatic carbocycles. The van der Waals surface area contributed by atoms with Gasteiger partial charge in [0.15, 0.2) is 0 Å². The Kier molecular flexibility index (Phi) is 5.75. The van der Waals surface area contributed by atoms with Crippen molar-refractivity contribution < 1.29 is 4.79 Å². The van der Waals surface area contributed by atoms with Gasteiger partial charge in [-0.15, -0.1) is 11.3 Å². The molecule has 0 unspecified atom stereocenters. The smallest absolute Gasteiger partial charge is 0.239 e. The van der Waals surface area contributed by atoms with Crippen LogP contribution in [-0.4, -0.2) is 54.4 Å². The van der Waals surface area contributed by atoms with Crippen LogP contribution in [0, 0.1) is 0 Å². The quantitative estimate of drug-likeness (QED) is 0.793. The maximum absolute atomic E-state index is 12.3. The molecule has 0 N–H and O–H groups in total. The minimum Gasteiger partial charge on any atom is -0.344 e. The summed E-state index contributed by atoms with van der Waals surface area (Å²) in [6.45, 7) is 4.87. The lowest BCUT2D eigenvalue weighted by Crippen LogP contribution is -2.45. The largest absolute Gasteiger partial charge is 0.344 e. The Hall–Kier alpha value is -0.940. The van der Waals surface area contributed by atoms with Gasteiger partial charge in [0.2, 0.25) is 5.91 Å². The number of rotatable bonds is 6. The SMILES string of the molecule is CC[C@H](C(=O)N(C)C[C@H](C)c1nccs1)N(C)C. The van der Waals surface area contributed by atoms with Gasteiger partial charge in [-0.25, -0.2) is 4.98 Å². The van der Waals surface area contributed by atoms with E-state index in [9.17, 15) is 4.79 Å². The third kappa shape index (κ3) is 3.78. The second kappa shape index (κ2) is 6.85. The van der Waals surface area contributed by atoms with Crippen molar-refractivity contribution in [1.82, 2.24) is 14.8 Å². The number of amides is 1. The van der Waals surface area contributed by atoms with E-state index in [0.29, 0.717) is 5.92 Å². The molecule has 18 heavy (non-hydrogen) atoms. The maximum atomic E-state index is 12.3. The molecule has 0 radical (unpaired) electrons. The van der Waals surface area contributed by atoms with Gasteiger partial charge in [0.05, 0.1) is 11.0 Å². The fraction of sp³-hybridized carbons (Fsp3) is 0.692. The average molecular weight is 269 g/mol. The molecular formula is C13H23N3OS. The molecule has 1 heterocycles. The van der Waals surface area contributed by atoms with E-state index in [-0.39, 0.29) is 11.9 Å². The summed E-state index contributed by atoms with van der Waals surface area (Å²) >= 11 is 1.65. The lowest BCUT2D eigenvalue weighted by molar-refractivity contribution is -0.135. The summed E-state index contributed by atoms with van der Waals surface area (Å²) in [6.07, 6.45) is 2.65. The van der Waals surface area contributed by atoms with Crippen LogP contribution in [0.5, 0.6) is 0 Å². The first kappa shape index (κ1) is 15.1. The van der Waals surface area contributed by atoms with Gasteiger partial charge in [0.25, 0.3) is 0 Å². The first-order chi connectivity index (χ1) is 8.47. The summed E-state index contributed by atoms with van der Waals surface area (Å²) in [5.74, 6) is 0.476. The van der Waals surface area contributed by atoms with Crippen LogP contribution >= 0.6 is 11.3 Å². The third-order valence-corrected chi connectivity index (χ3v) is 4.10. The van der Waals surface area contributed by atoms with Crippen LogP contribution in [0.3, 0.4) is 0 Å². The Balaban J connectivity index is 2.59. The topological polar surface area (TPSA) is 36.4 Å². The third-order valence-electron chi connectivity index (χ3n) is 3.09. The van der Waals surface area contributed by atoms with Gasteiger partial charge in [0.1, 0.15) is 0 Å². The highest BCUT2D eigenvalue weighted by Gasteiger charge is 2.23. The fourth-order valence-corrected chi connectivity index (χ4v) is 2.76. The highest BCUT2D eigenvalue weighted by Crippen LogP contribution is 2.19. The molecule has 102 valence electrons. The zero-order chi connectivity index (χ0) is 13.7. The molecule has 0 spiro atoms. The van der Waals surface area contributed by atoms with Crippen molar-refractivity contribution in [2.75, 3.05) is 27.7 Å². The molecule has 0 aliphatic rings.